The van der Waals surface area contributed by atoms with Crippen molar-refractivity contribution >= 4 is 11.1 Å². The highest BCUT2D eigenvalue weighted by atomic mass is 16.3. The van der Waals surface area contributed by atoms with Crippen LogP contribution in [-0.4, -0.2) is 18.1 Å². The van der Waals surface area contributed by atoms with Gasteiger partial charge in [-0.1, -0.05) is 12.1 Å². The van der Waals surface area contributed by atoms with E-state index in [0.717, 1.165) is 29.8 Å². The molecule has 1 fully saturated rings. The maximum atomic E-state index is 5.25. The number of nitrogens with one attached hydrogen (secondary N) is 2. The van der Waals surface area contributed by atoms with Crippen LogP contribution in [0.4, 0.5) is 0 Å². The summed E-state index contributed by atoms with van der Waals surface area (Å²) >= 11 is 0. The van der Waals surface area contributed by atoms with Crippen LogP contribution in [0.2, 0.25) is 0 Å². The van der Waals surface area contributed by atoms with Gasteiger partial charge in [-0.05, 0) is 6.07 Å². The summed E-state index contributed by atoms with van der Waals surface area (Å²) in [6, 6.07) is 5.99. The number of rotatable bonds is 1. The molecule has 2 N–H and O–H groups in total. The van der Waals surface area contributed by atoms with Crippen molar-refractivity contribution in [2.45, 2.75) is 6.17 Å². The number of hydrogen-bond donors (Lipinski definition) is 2. The van der Waals surface area contributed by atoms with Crippen molar-refractivity contribution < 1.29 is 4.42 Å². The van der Waals surface area contributed by atoms with Crippen molar-refractivity contribution in [1.82, 2.24) is 15.6 Å². The molecule has 14 heavy (non-hydrogen) atoms. The van der Waals surface area contributed by atoms with E-state index in [4.69, 9.17) is 4.42 Å². The maximum absolute atomic E-state index is 5.25. The summed E-state index contributed by atoms with van der Waals surface area (Å²) in [5.74, 6) is 0. The van der Waals surface area contributed by atoms with Crippen molar-refractivity contribution in [3.63, 3.8) is 0 Å². The highest BCUT2D eigenvalue weighted by Crippen LogP contribution is 2.22. The first-order chi connectivity index (χ1) is 6.95. The summed E-state index contributed by atoms with van der Waals surface area (Å²) < 4.78 is 5.25. The Hall–Kier alpha value is -1.39. The molecule has 2 heterocycles. The molecule has 0 saturated carbocycles. The largest absolute Gasteiger partial charge is 0.443 e. The Bertz CT molecular complexity index is 445. The van der Waals surface area contributed by atoms with Gasteiger partial charge in [0.05, 0.1) is 6.17 Å². The lowest BCUT2D eigenvalue weighted by molar-refractivity contribution is 0.590. The van der Waals surface area contributed by atoms with Crippen molar-refractivity contribution in [3.05, 3.63) is 30.2 Å². The fourth-order valence-corrected chi connectivity index (χ4v) is 1.87. The van der Waals surface area contributed by atoms with Crippen LogP contribution >= 0.6 is 0 Å². The monoisotopic (exact) mass is 189 g/mol. The lowest BCUT2D eigenvalue weighted by Crippen LogP contribution is -2.21. The van der Waals surface area contributed by atoms with E-state index in [1.165, 1.54) is 6.39 Å². The maximum Gasteiger partial charge on any atom is 0.181 e. The molecular weight excluding hydrogens is 178 g/mol. The predicted octanol–water partition coefficient (Wildman–Crippen LogP) is 1.02. The third-order valence-electron chi connectivity index (χ3n) is 2.52. The van der Waals surface area contributed by atoms with Gasteiger partial charge in [0.2, 0.25) is 0 Å². The van der Waals surface area contributed by atoms with Gasteiger partial charge >= 0.3 is 0 Å². The minimum absolute atomic E-state index is 0.212. The quantitative estimate of drug-likeness (QED) is 0.703. The summed E-state index contributed by atoms with van der Waals surface area (Å²) in [5.41, 5.74) is 2.95. The first-order valence-electron chi connectivity index (χ1n) is 4.74. The second-order valence-corrected chi connectivity index (χ2v) is 3.39. The van der Waals surface area contributed by atoms with Crippen molar-refractivity contribution in [1.29, 1.82) is 0 Å². The molecule has 72 valence electrons. The molecule has 1 saturated heterocycles. The molecule has 2 aromatic rings. The van der Waals surface area contributed by atoms with E-state index < -0.39 is 0 Å². The Balaban J connectivity index is 2.14. The van der Waals surface area contributed by atoms with Crippen LogP contribution in [0.1, 0.15) is 11.7 Å². The minimum Gasteiger partial charge on any atom is -0.443 e. The molecule has 3 rings (SSSR count). The van der Waals surface area contributed by atoms with Crippen LogP contribution in [0, 0.1) is 0 Å². The number of hydrogen-bond acceptors (Lipinski definition) is 4. The molecule has 1 aromatic heterocycles. The topological polar surface area (TPSA) is 50.1 Å². The summed E-state index contributed by atoms with van der Waals surface area (Å²) in [4.78, 5) is 4.22. The fourth-order valence-electron chi connectivity index (χ4n) is 1.87. The summed E-state index contributed by atoms with van der Waals surface area (Å²) in [6.07, 6.45) is 1.70. The highest BCUT2D eigenvalue weighted by Gasteiger charge is 2.18. The lowest BCUT2D eigenvalue weighted by atomic mass is 10.1. The number of para-hydroxylation sites is 1. The predicted molar refractivity (Wildman–Crippen MR) is 52.8 cm³/mol. The summed E-state index contributed by atoms with van der Waals surface area (Å²) in [7, 11) is 0. The average molecular weight is 189 g/mol. The third-order valence-corrected chi connectivity index (χ3v) is 2.52. The van der Waals surface area contributed by atoms with Gasteiger partial charge in [0.1, 0.15) is 5.52 Å². The molecule has 1 aliphatic rings. The Morgan fingerprint density at radius 3 is 3.00 bits per heavy atom. The summed E-state index contributed by atoms with van der Waals surface area (Å²) in [6.45, 7) is 2.00. The van der Waals surface area contributed by atoms with Crippen LogP contribution in [0.15, 0.2) is 29.0 Å². The molecule has 4 heteroatoms. The van der Waals surface area contributed by atoms with Gasteiger partial charge in [-0.25, -0.2) is 4.98 Å². The van der Waals surface area contributed by atoms with Crippen molar-refractivity contribution in [3.8, 4) is 0 Å². The van der Waals surface area contributed by atoms with Crippen LogP contribution in [0.3, 0.4) is 0 Å². The van der Waals surface area contributed by atoms with Crippen LogP contribution < -0.4 is 10.6 Å². The van der Waals surface area contributed by atoms with Gasteiger partial charge in [0.25, 0.3) is 0 Å². The third kappa shape index (κ3) is 1.12. The smallest absolute Gasteiger partial charge is 0.181 e. The molecule has 4 nitrogen and oxygen atoms in total. The number of fused-ring (bicyclic) bond motifs is 1. The average Bonchev–Trinajstić information content (AvgIpc) is 2.88. The normalized spacial score (nSPS) is 18.0. The molecule has 0 radical (unpaired) electrons. The van der Waals surface area contributed by atoms with Gasteiger partial charge < -0.3 is 4.42 Å². The van der Waals surface area contributed by atoms with Crippen LogP contribution in [0.5, 0.6) is 0 Å². The second kappa shape index (κ2) is 3.08. The van der Waals surface area contributed by atoms with Gasteiger partial charge in [0, 0.05) is 18.7 Å². The zero-order valence-electron chi connectivity index (χ0n) is 7.66. The van der Waals surface area contributed by atoms with E-state index in [0.29, 0.717) is 0 Å². The lowest BCUT2D eigenvalue weighted by Gasteiger charge is -2.10. The zero-order valence-corrected chi connectivity index (χ0v) is 7.66. The van der Waals surface area contributed by atoms with Crippen molar-refractivity contribution in [2.24, 2.45) is 0 Å². The Morgan fingerprint density at radius 1 is 1.29 bits per heavy atom. The summed E-state index contributed by atoms with van der Waals surface area (Å²) in [5, 5.41) is 6.72. The first kappa shape index (κ1) is 7.96. The SMILES string of the molecule is c1cc(C2NCCN2)c2ncoc2c1. The molecule has 0 bridgehead atoms. The molecular formula is C10H11N3O. The molecule has 1 aromatic carbocycles. The standard InChI is InChI=1S/C10H11N3O/c1-2-7(10-11-4-5-12-10)9-8(3-1)14-6-13-9/h1-3,6,10-12H,4-5H2. The zero-order chi connectivity index (χ0) is 9.38. The molecule has 0 spiro atoms. The van der Waals surface area contributed by atoms with Gasteiger partial charge in [-0.2, -0.15) is 0 Å². The van der Waals surface area contributed by atoms with Gasteiger partial charge in [-0.15, -0.1) is 0 Å². The molecule has 0 amide bonds. The minimum atomic E-state index is 0.212. The van der Waals surface area contributed by atoms with E-state index in [1.54, 1.807) is 0 Å². The molecule has 0 aliphatic carbocycles. The Labute approximate surface area is 81.3 Å². The number of nitrogens with zero attached hydrogens (tertiary/aromatic N) is 1. The van der Waals surface area contributed by atoms with E-state index >= 15 is 0 Å². The second-order valence-electron chi connectivity index (χ2n) is 3.39. The fraction of sp³-hybridized carbons (Fsp3) is 0.300. The van der Waals surface area contributed by atoms with Gasteiger partial charge in [-0.3, -0.25) is 10.6 Å². The molecule has 0 atom stereocenters. The molecule has 0 unspecified atom stereocenters. The van der Waals surface area contributed by atoms with Crippen molar-refractivity contribution in [2.75, 3.05) is 13.1 Å². The molecule has 1 aliphatic heterocycles. The number of aromatic nitrogens is 1. The van der Waals surface area contributed by atoms with E-state index in [9.17, 15) is 0 Å². The van der Waals surface area contributed by atoms with Gasteiger partial charge in [0.15, 0.2) is 12.0 Å². The van der Waals surface area contributed by atoms with E-state index in [2.05, 4.69) is 21.7 Å². The Morgan fingerprint density at radius 2 is 2.14 bits per heavy atom. The number of benzene rings is 1. The van der Waals surface area contributed by atoms with E-state index in [-0.39, 0.29) is 6.17 Å². The van der Waals surface area contributed by atoms with Crippen LogP contribution in [0.25, 0.3) is 11.1 Å². The van der Waals surface area contributed by atoms with E-state index in [1.807, 2.05) is 12.1 Å². The highest BCUT2D eigenvalue weighted by molar-refractivity contribution is 5.76. The Kier molecular flexibility index (Phi) is 1.75. The number of oxazole rings is 1. The van der Waals surface area contributed by atoms with Crippen LogP contribution in [-0.2, 0) is 0 Å². The first-order valence-corrected chi connectivity index (χ1v) is 4.74.